The van der Waals surface area contributed by atoms with Crippen LogP contribution in [0.5, 0.6) is 0 Å². The van der Waals surface area contributed by atoms with Gasteiger partial charge >= 0.3 is 12.1 Å². The van der Waals surface area contributed by atoms with Crippen LogP contribution in [-0.2, 0) is 40.8 Å². The summed E-state index contributed by atoms with van der Waals surface area (Å²) in [5.41, 5.74) is 3.99. The van der Waals surface area contributed by atoms with Crippen molar-refractivity contribution >= 4 is 35.0 Å². The van der Waals surface area contributed by atoms with Crippen molar-refractivity contribution in [2.75, 3.05) is 20.2 Å². The van der Waals surface area contributed by atoms with Crippen LogP contribution in [0.4, 0.5) is 9.59 Å². The maximum atomic E-state index is 14.7. The average molecular weight is 859 g/mol. The van der Waals surface area contributed by atoms with Gasteiger partial charge in [0, 0.05) is 37.9 Å². The van der Waals surface area contributed by atoms with Crippen LogP contribution in [0.25, 0.3) is 22.3 Å². The number of para-hydroxylation sites is 2. The van der Waals surface area contributed by atoms with Crippen LogP contribution in [0, 0.1) is 10.8 Å². The van der Waals surface area contributed by atoms with Crippen molar-refractivity contribution in [2.24, 2.45) is 17.9 Å². The summed E-state index contributed by atoms with van der Waals surface area (Å²) < 4.78 is 6.84. The standard InChI is InChI=1S/C49H62N8O6/c1-48(2,3)42(54-46(61)63-8)44(59)51-35(28-33-21-23-34(24-22-33)36-18-14-15-25-50-36)30-40(58)38(29-32-16-10-9-11-17-32)53-45(60)43(49(4,5)6)57-27-26-56(47(57)62)31-41-52-37-19-12-13-20-39(37)55(41)7/h9-25,35,38,40,42-43,58H,26-31H2,1-8H3,(H,51,59)(H,53,60)(H,54,61). The normalized spacial score (nSPS) is 15.7. The molecule has 334 valence electrons. The van der Waals surface area contributed by atoms with Gasteiger partial charge in [0.1, 0.15) is 17.9 Å². The SMILES string of the molecule is COC(=O)NC(C(=O)NC(Cc1ccc(-c2ccccn2)cc1)CC(O)C(Cc1ccccc1)NC(=O)C(N1CCN(Cc2nc3ccccc3n2C)C1=O)C(C)(C)C)C(C)(C)C. The number of carbonyl (C=O) groups is 4. The van der Waals surface area contributed by atoms with Gasteiger partial charge in [-0.3, -0.25) is 14.6 Å². The molecule has 1 aliphatic rings. The topological polar surface area (TPSA) is 171 Å². The number of pyridine rings is 1. The van der Waals surface area contributed by atoms with Crippen LogP contribution in [0.1, 0.15) is 64.9 Å². The third kappa shape index (κ3) is 11.6. The number of rotatable bonds is 16. The van der Waals surface area contributed by atoms with E-state index in [1.807, 2.05) is 150 Å². The molecule has 0 radical (unpaired) electrons. The van der Waals surface area contributed by atoms with Crippen molar-refractivity contribution < 1.29 is 29.0 Å². The zero-order valence-electron chi connectivity index (χ0n) is 37.7. The second kappa shape index (κ2) is 19.8. The number of fused-ring (bicyclic) bond motifs is 1. The Hall–Kier alpha value is -6.28. The second-order valence-corrected chi connectivity index (χ2v) is 18.6. The smallest absolute Gasteiger partial charge is 0.407 e. The largest absolute Gasteiger partial charge is 0.453 e. The number of alkyl carbamates (subject to hydrolysis) is 1. The van der Waals surface area contributed by atoms with E-state index in [4.69, 9.17) is 9.72 Å². The monoisotopic (exact) mass is 858 g/mol. The zero-order valence-corrected chi connectivity index (χ0v) is 37.7. The summed E-state index contributed by atoms with van der Waals surface area (Å²) in [6, 6.07) is 27.4. The van der Waals surface area contributed by atoms with Crippen molar-refractivity contribution in [3.8, 4) is 11.3 Å². The molecule has 5 aromatic rings. The Balaban J connectivity index is 1.25. The number of aryl methyl sites for hydroxylation is 1. The van der Waals surface area contributed by atoms with Crippen molar-refractivity contribution in [1.29, 1.82) is 0 Å². The average Bonchev–Trinajstić information content (AvgIpc) is 3.76. The first-order chi connectivity index (χ1) is 29.9. The molecular weight excluding hydrogens is 797 g/mol. The number of nitrogens with zero attached hydrogens (tertiary/aromatic N) is 5. The van der Waals surface area contributed by atoms with Gasteiger partial charge in [0.15, 0.2) is 0 Å². The van der Waals surface area contributed by atoms with Gasteiger partial charge in [-0.05, 0) is 65.5 Å². The number of aliphatic hydroxyl groups is 1. The number of methoxy groups -OCH3 is 1. The number of amides is 5. The van der Waals surface area contributed by atoms with Gasteiger partial charge in [0.25, 0.3) is 0 Å². The van der Waals surface area contributed by atoms with E-state index in [0.717, 1.165) is 39.2 Å². The van der Waals surface area contributed by atoms with E-state index >= 15 is 0 Å². The van der Waals surface area contributed by atoms with Crippen LogP contribution in [0.3, 0.4) is 0 Å². The second-order valence-electron chi connectivity index (χ2n) is 18.6. The summed E-state index contributed by atoms with van der Waals surface area (Å²) in [5.74, 6) is -0.0848. The van der Waals surface area contributed by atoms with Gasteiger partial charge in [-0.25, -0.2) is 14.6 Å². The molecule has 1 saturated heterocycles. The van der Waals surface area contributed by atoms with Crippen LogP contribution in [0.2, 0.25) is 0 Å². The Morgan fingerprint density at radius 3 is 2.08 bits per heavy atom. The van der Waals surface area contributed by atoms with Crippen LogP contribution < -0.4 is 16.0 Å². The quantitative estimate of drug-likeness (QED) is 0.0901. The predicted octanol–water partition coefficient (Wildman–Crippen LogP) is 6.26. The van der Waals surface area contributed by atoms with Crippen molar-refractivity contribution in [2.45, 2.75) is 97.6 Å². The molecule has 5 amide bonds. The minimum Gasteiger partial charge on any atom is -0.453 e. The van der Waals surface area contributed by atoms with Gasteiger partial charge in [0.05, 0.1) is 42.5 Å². The molecule has 4 N–H and O–H groups in total. The number of ether oxygens (including phenoxy) is 1. The minimum absolute atomic E-state index is 0.0508. The molecular formula is C49H62N8O6. The molecule has 2 aromatic heterocycles. The van der Waals surface area contributed by atoms with Gasteiger partial charge in [0.2, 0.25) is 11.8 Å². The molecule has 0 spiro atoms. The highest BCUT2D eigenvalue weighted by atomic mass is 16.5. The molecule has 0 aliphatic carbocycles. The highest BCUT2D eigenvalue weighted by molar-refractivity contribution is 5.89. The molecule has 5 unspecified atom stereocenters. The molecule has 6 rings (SSSR count). The Bertz CT molecular complexity index is 2340. The number of benzene rings is 3. The molecule has 3 aromatic carbocycles. The fraction of sp³-hybridized carbons (Fsp3) is 0.429. The molecule has 3 heterocycles. The maximum Gasteiger partial charge on any atom is 0.407 e. The third-order valence-electron chi connectivity index (χ3n) is 11.7. The minimum atomic E-state index is -1.15. The van der Waals surface area contributed by atoms with E-state index in [0.29, 0.717) is 26.1 Å². The summed E-state index contributed by atoms with van der Waals surface area (Å²) in [4.78, 5) is 68.0. The molecule has 14 nitrogen and oxygen atoms in total. The van der Waals surface area contributed by atoms with E-state index in [1.54, 1.807) is 16.0 Å². The van der Waals surface area contributed by atoms with Gasteiger partial charge in [-0.2, -0.15) is 0 Å². The lowest BCUT2D eigenvalue weighted by Gasteiger charge is -2.38. The number of carbonyl (C=O) groups excluding carboxylic acids is 4. The fourth-order valence-corrected chi connectivity index (χ4v) is 8.33. The predicted molar refractivity (Wildman–Crippen MR) is 243 cm³/mol. The number of aromatic nitrogens is 3. The molecule has 0 bridgehead atoms. The number of nitrogens with one attached hydrogen (secondary N) is 3. The van der Waals surface area contributed by atoms with E-state index in [2.05, 4.69) is 20.9 Å². The van der Waals surface area contributed by atoms with E-state index < -0.39 is 53.1 Å². The van der Waals surface area contributed by atoms with Crippen molar-refractivity contribution in [3.63, 3.8) is 0 Å². The molecule has 1 fully saturated rings. The first-order valence-corrected chi connectivity index (χ1v) is 21.6. The Morgan fingerprint density at radius 1 is 0.778 bits per heavy atom. The summed E-state index contributed by atoms with van der Waals surface area (Å²) in [7, 11) is 3.18. The first-order valence-electron chi connectivity index (χ1n) is 21.6. The fourth-order valence-electron chi connectivity index (χ4n) is 8.33. The molecule has 5 atom stereocenters. The Morgan fingerprint density at radius 2 is 1.44 bits per heavy atom. The lowest BCUT2D eigenvalue weighted by atomic mass is 9.84. The zero-order chi connectivity index (χ0) is 45.5. The summed E-state index contributed by atoms with van der Waals surface area (Å²) >= 11 is 0. The lowest BCUT2D eigenvalue weighted by Crippen LogP contribution is -2.59. The summed E-state index contributed by atoms with van der Waals surface area (Å²) in [6.45, 7) is 12.4. The molecule has 0 saturated carbocycles. The number of urea groups is 1. The number of hydrogen-bond donors (Lipinski definition) is 4. The van der Waals surface area contributed by atoms with Crippen LogP contribution in [-0.4, -0.2) is 104 Å². The Kier molecular flexibility index (Phi) is 14.6. The third-order valence-corrected chi connectivity index (χ3v) is 11.7. The first kappa shape index (κ1) is 46.2. The summed E-state index contributed by atoms with van der Waals surface area (Å²) in [6.07, 6.45) is 0.510. The molecule has 63 heavy (non-hydrogen) atoms. The van der Waals surface area contributed by atoms with Gasteiger partial charge < -0.3 is 40.2 Å². The summed E-state index contributed by atoms with van der Waals surface area (Å²) in [5, 5.41) is 21.3. The number of aliphatic hydroxyl groups excluding tert-OH is 1. The highest BCUT2D eigenvalue weighted by Gasteiger charge is 2.45. The van der Waals surface area contributed by atoms with Crippen LogP contribution >= 0.6 is 0 Å². The number of imidazole rings is 1. The van der Waals surface area contributed by atoms with Gasteiger partial charge in [-0.15, -0.1) is 0 Å². The van der Waals surface area contributed by atoms with E-state index in [9.17, 15) is 24.3 Å². The lowest BCUT2D eigenvalue weighted by molar-refractivity contribution is -0.131. The number of hydrogen-bond acceptors (Lipinski definition) is 8. The van der Waals surface area contributed by atoms with Crippen molar-refractivity contribution in [3.05, 3.63) is 120 Å². The van der Waals surface area contributed by atoms with E-state index in [1.165, 1.54) is 7.11 Å². The maximum absolute atomic E-state index is 14.7. The highest BCUT2D eigenvalue weighted by Crippen LogP contribution is 2.30. The van der Waals surface area contributed by atoms with Gasteiger partial charge in [-0.1, -0.05) is 114 Å². The van der Waals surface area contributed by atoms with E-state index in [-0.39, 0.29) is 24.8 Å². The molecule has 1 aliphatic heterocycles. The van der Waals surface area contributed by atoms with Crippen molar-refractivity contribution in [1.82, 2.24) is 40.3 Å². The Labute approximate surface area is 370 Å². The van der Waals surface area contributed by atoms with Crippen LogP contribution in [0.15, 0.2) is 103 Å². The molecule has 14 heteroatoms.